The number of hydrogen-bond donors (Lipinski definition) is 0. The van der Waals surface area contributed by atoms with Crippen LogP contribution in [0, 0.1) is 5.95 Å². The molecule has 9 heteroatoms. The summed E-state index contributed by atoms with van der Waals surface area (Å²) in [7, 11) is -5.80. The third-order valence-corrected chi connectivity index (χ3v) is 7.99. The van der Waals surface area contributed by atoms with Crippen LogP contribution in [0.25, 0.3) is 0 Å². The summed E-state index contributed by atoms with van der Waals surface area (Å²) in [6, 6.07) is 7.35. The van der Waals surface area contributed by atoms with Gasteiger partial charge < -0.3 is 4.74 Å². The predicted molar refractivity (Wildman–Crippen MR) is 119 cm³/mol. The molecule has 1 heterocycles. The van der Waals surface area contributed by atoms with Gasteiger partial charge in [0.05, 0.1) is 17.8 Å². The molecule has 0 aliphatic heterocycles. The van der Waals surface area contributed by atoms with E-state index in [0.29, 0.717) is 16.9 Å². The largest absolute Gasteiger partial charge is 0.496 e. The Labute approximate surface area is 184 Å². The molecule has 0 saturated heterocycles. The zero-order valence-electron chi connectivity index (χ0n) is 19.0. The molecule has 0 aliphatic rings. The van der Waals surface area contributed by atoms with Gasteiger partial charge in [-0.2, -0.15) is 4.39 Å². The first-order chi connectivity index (χ1) is 14.0. The van der Waals surface area contributed by atoms with Crippen LogP contribution in [0.4, 0.5) is 4.39 Å². The Kier molecular flexibility index (Phi) is 6.93. The highest BCUT2D eigenvalue weighted by Crippen LogP contribution is 2.36. The number of aromatic nitrogens is 1. The molecule has 0 bridgehead atoms. The fourth-order valence-electron chi connectivity index (χ4n) is 3.24. The topological polar surface area (TPSA) is 90.4 Å². The molecule has 6 nitrogen and oxygen atoms in total. The monoisotopic (exact) mass is 471 g/mol. The Morgan fingerprint density at radius 3 is 2.03 bits per heavy atom. The second-order valence-corrected chi connectivity index (χ2v) is 13.4. The van der Waals surface area contributed by atoms with Gasteiger partial charge >= 0.3 is 0 Å². The average Bonchev–Trinajstić information content (AvgIpc) is 2.64. The smallest absolute Gasteiger partial charge is 0.217 e. The van der Waals surface area contributed by atoms with Crippen LogP contribution in [0.3, 0.4) is 0 Å². The van der Waals surface area contributed by atoms with Crippen LogP contribution in [-0.4, -0.2) is 40.9 Å². The van der Waals surface area contributed by atoms with E-state index in [4.69, 9.17) is 4.74 Å². The van der Waals surface area contributed by atoms with Gasteiger partial charge in [-0.3, -0.25) is 0 Å². The van der Waals surface area contributed by atoms with E-state index in [1.54, 1.807) is 6.07 Å². The van der Waals surface area contributed by atoms with Crippen molar-refractivity contribution in [3.63, 3.8) is 0 Å². The molecule has 0 aliphatic carbocycles. The summed E-state index contributed by atoms with van der Waals surface area (Å²) < 4.78 is 69.1. The summed E-state index contributed by atoms with van der Waals surface area (Å²) in [6.07, 6.45) is 1.31. The number of nitrogens with zero attached hydrogens (tertiary/aromatic N) is 1. The van der Waals surface area contributed by atoms with Gasteiger partial charge in [-0.1, -0.05) is 46.8 Å². The standard InChI is InChI=1S/C22H30FNO5S2/c1-21(2,3)17-10-11-19(24-20(17)23)31(27,28)13-12-22(4,5)16-9-8-15(30(7,25)26)14-18(16)29-6/h8-11,14H,12-13H2,1-7H3. The molecule has 1 aromatic carbocycles. The van der Waals surface area contributed by atoms with Crippen molar-refractivity contribution in [3.8, 4) is 5.75 Å². The van der Waals surface area contributed by atoms with E-state index in [9.17, 15) is 21.2 Å². The van der Waals surface area contributed by atoms with Crippen LogP contribution in [0.15, 0.2) is 40.3 Å². The van der Waals surface area contributed by atoms with Crippen LogP contribution in [0.1, 0.15) is 52.2 Å². The molecule has 172 valence electrons. The van der Waals surface area contributed by atoms with Crippen LogP contribution in [-0.2, 0) is 30.5 Å². The van der Waals surface area contributed by atoms with E-state index in [1.165, 1.54) is 31.4 Å². The highest BCUT2D eigenvalue weighted by Gasteiger charge is 2.30. The Morgan fingerprint density at radius 2 is 1.55 bits per heavy atom. The number of benzene rings is 1. The summed E-state index contributed by atoms with van der Waals surface area (Å²) in [5, 5.41) is -0.298. The minimum Gasteiger partial charge on any atom is -0.496 e. The highest BCUT2D eigenvalue weighted by atomic mass is 32.2. The molecular formula is C22H30FNO5S2. The number of ether oxygens (including phenoxy) is 1. The fraction of sp³-hybridized carbons (Fsp3) is 0.500. The van der Waals surface area contributed by atoms with Gasteiger partial charge in [0.2, 0.25) is 5.95 Å². The molecule has 0 saturated carbocycles. The molecule has 0 atom stereocenters. The predicted octanol–water partition coefficient (Wildman–Crippen LogP) is 4.07. The minimum absolute atomic E-state index is 0.120. The van der Waals surface area contributed by atoms with Crippen molar-refractivity contribution in [1.29, 1.82) is 0 Å². The van der Waals surface area contributed by atoms with E-state index < -0.39 is 36.5 Å². The minimum atomic E-state index is -3.83. The highest BCUT2D eigenvalue weighted by molar-refractivity contribution is 7.91. The average molecular weight is 472 g/mol. The van der Waals surface area contributed by atoms with Crippen molar-refractivity contribution in [1.82, 2.24) is 4.98 Å². The lowest BCUT2D eigenvalue weighted by Crippen LogP contribution is -2.24. The molecule has 0 amide bonds. The van der Waals surface area contributed by atoms with E-state index >= 15 is 0 Å². The third kappa shape index (κ3) is 5.83. The third-order valence-electron chi connectivity index (χ3n) is 5.28. The lowest BCUT2D eigenvalue weighted by molar-refractivity contribution is 0.387. The van der Waals surface area contributed by atoms with Gasteiger partial charge in [0.25, 0.3) is 0 Å². The van der Waals surface area contributed by atoms with E-state index in [2.05, 4.69) is 4.98 Å². The molecule has 0 spiro atoms. The lowest BCUT2D eigenvalue weighted by atomic mass is 9.81. The number of pyridine rings is 1. The molecule has 31 heavy (non-hydrogen) atoms. The van der Waals surface area contributed by atoms with Crippen molar-refractivity contribution in [3.05, 3.63) is 47.4 Å². The Hall–Kier alpha value is -2.00. The number of halogens is 1. The maximum absolute atomic E-state index is 14.4. The zero-order chi connectivity index (χ0) is 23.8. The maximum Gasteiger partial charge on any atom is 0.217 e. The second kappa shape index (κ2) is 8.50. The molecule has 0 fully saturated rings. The normalized spacial score (nSPS) is 13.3. The van der Waals surface area contributed by atoms with Crippen LogP contribution < -0.4 is 4.74 Å². The summed E-state index contributed by atoms with van der Waals surface area (Å²) in [5.74, 6) is -0.673. The summed E-state index contributed by atoms with van der Waals surface area (Å²) in [4.78, 5) is 3.83. The molecular weight excluding hydrogens is 441 g/mol. The Balaban J connectivity index is 2.32. The number of sulfone groups is 2. The molecule has 0 unspecified atom stereocenters. The Bertz CT molecular complexity index is 1180. The fourth-order valence-corrected chi connectivity index (χ4v) is 5.36. The number of methoxy groups -OCH3 is 1. The first-order valence-corrected chi connectivity index (χ1v) is 13.3. The SMILES string of the molecule is COc1cc(S(C)(=O)=O)ccc1C(C)(C)CCS(=O)(=O)c1ccc(C(C)(C)C)c(F)n1. The van der Waals surface area contributed by atoms with Crippen LogP contribution >= 0.6 is 0 Å². The maximum atomic E-state index is 14.4. The van der Waals surface area contributed by atoms with E-state index in [-0.39, 0.29) is 22.1 Å². The lowest BCUT2D eigenvalue weighted by Gasteiger charge is -2.27. The summed E-state index contributed by atoms with van der Waals surface area (Å²) >= 11 is 0. The van der Waals surface area contributed by atoms with Gasteiger partial charge in [-0.25, -0.2) is 21.8 Å². The van der Waals surface area contributed by atoms with Crippen LogP contribution in [0.5, 0.6) is 5.75 Å². The van der Waals surface area contributed by atoms with Gasteiger partial charge in [0.15, 0.2) is 24.7 Å². The van der Waals surface area contributed by atoms with Crippen molar-refractivity contribution < 1.29 is 26.0 Å². The molecule has 2 rings (SSSR count). The van der Waals surface area contributed by atoms with Crippen LogP contribution in [0.2, 0.25) is 0 Å². The first kappa shape index (κ1) is 25.3. The quantitative estimate of drug-likeness (QED) is 0.566. The van der Waals surface area contributed by atoms with Gasteiger partial charge in [0.1, 0.15) is 5.75 Å². The molecule has 0 radical (unpaired) electrons. The van der Waals surface area contributed by atoms with Gasteiger partial charge in [-0.05, 0) is 41.0 Å². The van der Waals surface area contributed by atoms with E-state index in [0.717, 1.165) is 6.26 Å². The van der Waals surface area contributed by atoms with Gasteiger partial charge in [-0.15, -0.1) is 0 Å². The van der Waals surface area contributed by atoms with Gasteiger partial charge in [0, 0.05) is 11.8 Å². The van der Waals surface area contributed by atoms with E-state index in [1.807, 2.05) is 34.6 Å². The zero-order valence-corrected chi connectivity index (χ0v) is 20.6. The molecule has 0 N–H and O–H groups in total. The molecule has 2 aromatic rings. The summed E-state index contributed by atoms with van der Waals surface area (Å²) in [5.41, 5.74) is -0.115. The second-order valence-electron chi connectivity index (χ2n) is 9.32. The van der Waals surface area contributed by atoms with Crippen molar-refractivity contribution in [2.45, 2.75) is 61.8 Å². The van der Waals surface area contributed by atoms with Crippen molar-refractivity contribution >= 4 is 19.7 Å². The molecule has 1 aromatic heterocycles. The Morgan fingerprint density at radius 1 is 0.968 bits per heavy atom. The number of rotatable bonds is 7. The summed E-state index contributed by atoms with van der Waals surface area (Å²) in [6.45, 7) is 9.17. The number of hydrogen-bond acceptors (Lipinski definition) is 6. The van der Waals surface area contributed by atoms with Crippen molar-refractivity contribution in [2.75, 3.05) is 19.1 Å². The first-order valence-electron chi connectivity index (χ1n) is 9.77. The van der Waals surface area contributed by atoms with Crippen molar-refractivity contribution in [2.24, 2.45) is 0 Å².